The van der Waals surface area contributed by atoms with Crippen LogP contribution in [0, 0.1) is 5.82 Å². The summed E-state index contributed by atoms with van der Waals surface area (Å²) in [6, 6.07) is 12.5. The Morgan fingerprint density at radius 2 is 2.11 bits per heavy atom. The molecule has 0 saturated heterocycles. The van der Waals surface area contributed by atoms with Crippen LogP contribution in [0.5, 0.6) is 5.75 Å². The van der Waals surface area contributed by atoms with Crippen molar-refractivity contribution < 1.29 is 13.9 Å². The first-order chi connectivity index (χ1) is 13.0. The van der Waals surface area contributed by atoms with Gasteiger partial charge in [0.1, 0.15) is 11.6 Å². The van der Waals surface area contributed by atoms with Gasteiger partial charge < -0.3 is 10.1 Å². The number of nitrogens with zero attached hydrogens (tertiary/aromatic N) is 1. The lowest BCUT2D eigenvalue weighted by Crippen LogP contribution is -2.33. The van der Waals surface area contributed by atoms with E-state index in [0.717, 1.165) is 36.5 Å². The fourth-order valence-corrected chi connectivity index (χ4v) is 3.24. The quantitative estimate of drug-likeness (QED) is 0.815. The first kappa shape index (κ1) is 19.4. The minimum atomic E-state index is -0.460. The van der Waals surface area contributed by atoms with Crippen molar-refractivity contribution in [3.05, 3.63) is 76.1 Å². The van der Waals surface area contributed by atoms with Crippen LogP contribution in [0.15, 0.2) is 54.1 Å². The lowest BCUT2D eigenvalue weighted by molar-refractivity contribution is -0.117. The van der Waals surface area contributed by atoms with E-state index >= 15 is 0 Å². The van der Waals surface area contributed by atoms with E-state index in [-0.39, 0.29) is 10.9 Å². The molecule has 0 radical (unpaired) electrons. The van der Waals surface area contributed by atoms with Crippen molar-refractivity contribution in [1.82, 2.24) is 10.2 Å². The number of hydrogen-bond acceptors (Lipinski definition) is 3. The predicted molar refractivity (Wildman–Crippen MR) is 104 cm³/mol. The van der Waals surface area contributed by atoms with E-state index in [0.29, 0.717) is 13.0 Å². The molecule has 2 aromatic carbocycles. The Morgan fingerprint density at radius 3 is 2.81 bits per heavy atom. The molecule has 2 aromatic rings. The average molecular weight is 389 g/mol. The van der Waals surface area contributed by atoms with Gasteiger partial charge in [0.25, 0.3) is 0 Å². The number of amides is 1. The summed E-state index contributed by atoms with van der Waals surface area (Å²) in [5.41, 5.74) is 2.74. The minimum absolute atomic E-state index is 0.0619. The Labute approximate surface area is 163 Å². The smallest absolute Gasteiger partial charge is 0.247 e. The molecule has 1 N–H and O–H groups in total. The van der Waals surface area contributed by atoms with Crippen molar-refractivity contribution >= 4 is 17.5 Å². The van der Waals surface area contributed by atoms with Gasteiger partial charge in [0.15, 0.2) is 0 Å². The molecule has 142 valence electrons. The van der Waals surface area contributed by atoms with Crippen LogP contribution in [0.1, 0.15) is 17.5 Å². The molecule has 4 nitrogen and oxygen atoms in total. The Bertz CT molecular complexity index is 854. The van der Waals surface area contributed by atoms with E-state index in [4.69, 9.17) is 16.3 Å². The van der Waals surface area contributed by atoms with Gasteiger partial charge in [0, 0.05) is 31.8 Å². The monoisotopic (exact) mass is 388 g/mol. The Morgan fingerprint density at radius 1 is 1.26 bits per heavy atom. The van der Waals surface area contributed by atoms with Gasteiger partial charge in [-0.15, -0.1) is 0 Å². The van der Waals surface area contributed by atoms with E-state index in [1.165, 1.54) is 17.7 Å². The largest absolute Gasteiger partial charge is 0.497 e. The summed E-state index contributed by atoms with van der Waals surface area (Å²) in [6.07, 6.45) is 2.66. The third-order valence-electron chi connectivity index (χ3n) is 4.56. The first-order valence-electron chi connectivity index (χ1n) is 8.81. The number of halogens is 2. The van der Waals surface area contributed by atoms with Crippen LogP contribution < -0.4 is 10.1 Å². The predicted octanol–water partition coefficient (Wildman–Crippen LogP) is 3.94. The van der Waals surface area contributed by atoms with Crippen molar-refractivity contribution in [3.8, 4) is 5.75 Å². The highest BCUT2D eigenvalue weighted by molar-refractivity contribution is 6.30. The number of ether oxygens (including phenoxy) is 1. The lowest BCUT2D eigenvalue weighted by Gasteiger charge is -2.26. The van der Waals surface area contributed by atoms with Crippen molar-refractivity contribution in [2.75, 3.05) is 20.2 Å². The Balaban J connectivity index is 1.51. The maximum absolute atomic E-state index is 13.2. The molecule has 0 unspecified atom stereocenters. The van der Waals surface area contributed by atoms with Crippen LogP contribution in [-0.2, 0) is 17.9 Å². The van der Waals surface area contributed by atoms with Gasteiger partial charge in [0.05, 0.1) is 12.1 Å². The molecule has 27 heavy (non-hydrogen) atoms. The van der Waals surface area contributed by atoms with Gasteiger partial charge in [-0.3, -0.25) is 9.69 Å². The lowest BCUT2D eigenvalue weighted by atomic mass is 10.1. The van der Waals surface area contributed by atoms with Gasteiger partial charge in [-0.25, -0.2) is 4.39 Å². The highest BCUT2D eigenvalue weighted by Gasteiger charge is 2.17. The van der Waals surface area contributed by atoms with Gasteiger partial charge in [-0.05, 0) is 41.8 Å². The van der Waals surface area contributed by atoms with Gasteiger partial charge in [-0.2, -0.15) is 0 Å². The molecule has 1 amide bonds. The van der Waals surface area contributed by atoms with Gasteiger partial charge in [0.2, 0.25) is 5.91 Å². The molecule has 0 saturated carbocycles. The molecule has 3 rings (SSSR count). The maximum atomic E-state index is 13.2. The van der Waals surface area contributed by atoms with E-state index in [1.807, 2.05) is 24.3 Å². The minimum Gasteiger partial charge on any atom is -0.497 e. The van der Waals surface area contributed by atoms with Gasteiger partial charge >= 0.3 is 0 Å². The summed E-state index contributed by atoms with van der Waals surface area (Å²) in [6.45, 7) is 2.68. The number of nitrogens with one attached hydrogen (secondary N) is 1. The van der Waals surface area contributed by atoms with Crippen LogP contribution in [0.4, 0.5) is 4.39 Å². The molecule has 1 aliphatic heterocycles. The molecule has 0 fully saturated rings. The van der Waals surface area contributed by atoms with Crippen LogP contribution in [0.2, 0.25) is 5.02 Å². The zero-order valence-electron chi connectivity index (χ0n) is 15.2. The van der Waals surface area contributed by atoms with Crippen molar-refractivity contribution in [2.24, 2.45) is 0 Å². The third-order valence-corrected chi connectivity index (χ3v) is 4.85. The summed E-state index contributed by atoms with van der Waals surface area (Å²) >= 11 is 5.77. The number of carbonyl (C=O) groups excluding carboxylic acids is 1. The Kier molecular flexibility index (Phi) is 6.48. The summed E-state index contributed by atoms with van der Waals surface area (Å²) < 4.78 is 18.4. The molecule has 0 atom stereocenters. The van der Waals surface area contributed by atoms with Crippen LogP contribution in [-0.4, -0.2) is 31.0 Å². The zero-order chi connectivity index (χ0) is 19.2. The van der Waals surface area contributed by atoms with Crippen molar-refractivity contribution in [1.29, 1.82) is 0 Å². The van der Waals surface area contributed by atoms with Crippen LogP contribution in [0.3, 0.4) is 0 Å². The maximum Gasteiger partial charge on any atom is 0.247 e. The summed E-state index contributed by atoms with van der Waals surface area (Å²) in [7, 11) is 1.66. The molecule has 1 heterocycles. The Hall–Kier alpha value is -2.37. The molecule has 0 spiro atoms. The number of methoxy groups -OCH3 is 1. The second-order valence-electron chi connectivity index (χ2n) is 6.50. The number of benzene rings is 2. The molecule has 0 bridgehead atoms. The first-order valence-corrected chi connectivity index (χ1v) is 9.19. The van der Waals surface area contributed by atoms with E-state index < -0.39 is 5.82 Å². The fourth-order valence-electron chi connectivity index (χ4n) is 3.04. The molecule has 0 aliphatic carbocycles. The fraction of sp³-hybridized carbons (Fsp3) is 0.286. The van der Waals surface area contributed by atoms with Crippen LogP contribution in [0.25, 0.3) is 0 Å². The van der Waals surface area contributed by atoms with E-state index in [9.17, 15) is 9.18 Å². The molecular formula is C21H22ClFN2O2. The second kappa shape index (κ2) is 9.02. The van der Waals surface area contributed by atoms with Gasteiger partial charge in [-0.1, -0.05) is 35.9 Å². The number of rotatable bonds is 6. The molecule has 0 aromatic heterocycles. The van der Waals surface area contributed by atoms with E-state index in [1.54, 1.807) is 13.2 Å². The topological polar surface area (TPSA) is 41.6 Å². The highest BCUT2D eigenvalue weighted by Crippen LogP contribution is 2.18. The second-order valence-corrected chi connectivity index (χ2v) is 6.90. The summed E-state index contributed by atoms with van der Waals surface area (Å²) in [5, 5.41) is 2.93. The van der Waals surface area contributed by atoms with Crippen molar-refractivity contribution in [3.63, 3.8) is 0 Å². The van der Waals surface area contributed by atoms with Crippen molar-refractivity contribution in [2.45, 2.75) is 19.5 Å². The standard InChI is InChI=1S/C21H22ClFN2O2/c1-27-18-4-2-3-16(11-18)14-25-9-7-17(8-10-25)21(26)24-13-15-5-6-20(23)19(22)12-15/h2-7,11-12H,8-10,13-14H2,1H3,(H,24,26). The number of hydrogen-bond donors (Lipinski definition) is 1. The third kappa shape index (κ3) is 5.31. The molecule has 1 aliphatic rings. The average Bonchev–Trinajstić information content (AvgIpc) is 2.69. The number of carbonyl (C=O) groups is 1. The molecule has 6 heteroatoms. The summed E-state index contributed by atoms with van der Waals surface area (Å²) in [5.74, 6) is 0.301. The zero-order valence-corrected chi connectivity index (χ0v) is 15.9. The molecular weight excluding hydrogens is 367 g/mol. The van der Waals surface area contributed by atoms with Crippen LogP contribution >= 0.6 is 11.6 Å². The highest BCUT2D eigenvalue weighted by atomic mass is 35.5. The van der Waals surface area contributed by atoms with E-state index in [2.05, 4.69) is 16.3 Å². The SMILES string of the molecule is COc1cccc(CN2CC=C(C(=O)NCc3ccc(F)c(Cl)c3)CC2)c1. The summed E-state index contributed by atoms with van der Waals surface area (Å²) in [4.78, 5) is 14.6. The normalized spacial score (nSPS) is 14.6.